The van der Waals surface area contributed by atoms with Gasteiger partial charge in [0.2, 0.25) is 5.91 Å². The van der Waals surface area contributed by atoms with Gasteiger partial charge in [-0.3, -0.25) is 13.8 Å². The molecule has 8 nitrogen and oxygen atoms in total. The Morgan fingerprint density at radius 2 is 0.771 bits per heavy atom. The van der Waals surface area contributed by atoms with Gasteiger partial charge in [0.1, 0.15) is 13.2 Å². The van der Waals surface area contributed by atoms with Crippen LogP contribution in [0.2, 0.25) is 0 Å². The molecule has 416 valence electrons. The predicted molar refractivity (Wildman–Crippen MR) is 305 cm³/mol. The Morgan fingerprint density at radius 1 is 0.471 bits per heavy atom. The lowest BCUT2D eigenvalue weighted by atomic mass is 10.0. The zero-order chi connectivity index (χ0) is 51.3. The third kappa shape index (κ3) is 54.7. The van der Waals surface area contributed by atoms with Gasteiger partial charge in [0.25, 0.3) is 0 Å². The molecule has 0 rings (SSSR count). The lowest BCUT2D eigenvalue weighted by Gasteiger charge is -2.25. The first-order valence-electron chi connectivity index (χ1n) is 30.7. The Kier molecular flexibility index (Phi) is 52.1. The number of hydrogen-bond acceptors (Lipinski definition) is 5. The molecule has 1 amide bonds. The van der Waals surface area contributed by atoms with Crippen LogP contribution in [0.25, 0.3) is 0 Å². The van der Waals surface area contributed by atoms with Gasteiger partial charge in [0.15, 0.2) is 0 Å². The summed E-state index contributed by atoms with van der Waals surface area (Å²) in [4.78, 5) is 23.3. The number of unbranched alkanes of at least 4 members (excludes halogenated alkanes) is 42. The summed E-state index contributed by atoms with van der Waals surface area (Å²) in [6.07, 6.45) is 67.1. The Morgan fingerprint density at radius 3 is 1.10 bits per heavy atom. The smallest absolute Gasteiger partial charge is 0.387 e. The van der Waals surface area contributed by atoms with Crippen LogP contribution in [0.15, 0.2) is 24.3 Å². The molecule has 0 aromatic rings. The van der Waals surface area contributed by atoms with Crippen LogP contribution in [0.4, 0.5) is 0 Å². The molecule has 0 fully saturated rings. The fourth-order valence-corrected chi connectivity index (χ4v) is 10.1. The minimum Gasteiger partial charge on any atom is -0.387 e. The number of phosphoric ester groups is 1. The van der Waals surface area contributed by atoms with Gasteiger partial charge in [-0.2, -0.15) is 0 Å². The number of amides is 1. The zero-order valence-corrected chi connectivity index (χ0v) is 48.4. The van der Waals surface area contributed by atoms with E-state index in [1.165, 1.54) is 257 Å². The fraction of sp³-hybridized carbons (Fsp3) is 0.918. The van der Waals surface area contributed by atoms with Crippen molar-refractivity contribution in [1.29, 1.82) is 0 Å². The molecule has 0 aromatic heterocycles. The van der Waals surface area contributed by atoms with Crippen LogP contribution in [0, 0.1) is 0 Å². The number of nitrogens with zero attached hydrogens (tertiary/aromatic N) is 1. The fourth-order valence-electron chi connectivity index (χ4n) is 9.33. The molecule has 0 bridgehead atoms. The lowest BCUT2D eigenvalue weighted by molar-refractivity contribution is -0.870. The Bertz CT molecular complexity index is 1190. The number of quaternary nitrogens is 1. The van der Waals surface area contributed by atoms with Crippen molar-refractivity contribution in [2.75, 3.05) is 40.9 Å². The summed E-state index contributed by atoms with van der Waals surface area (Å²) < 4.78 is 23.8. The number of carbonyl (C=O) groups excluding carboxylic acids is 1. The van der Waals surface area contributed by atoms with Crippen molar-refractivity contribution in [3.63, 3.8) is 0 Å². The number of carbonyl (C=O) groups is 1. The summed E-state index contributed by atoms with van der Waals surface area (Å²) in [5.74, 6) is -0.171. The summed E-state index contributed by atoms with van der Waals surface area (Å²) in [6, 6.07) is -0.845. The van der Waals surface area contributed by atoms with E-state index in [4.69, 9.17) is 9.05 Å². The standard InChI is InChI=1S/C61H121N2O6P/c1-6-8-10-12-14-16-18-20-22-24-26-28-29-30-31-32-33-35-37-39-41-43-45-47-49-51-53-55-61(65)62-59(58-69-70(66,67)68-57-56-63(3,4)5)60(64)54-52-50-48-46-44-42-40-38-36-34-27-25-23-21-19-17-15-13-11-9-7-2/h24,26,52,54,59-60,64H,6-23,25,27-51,53,55-58H2,1-5H3,(H-,62,65,66,67)/p+1/b26-24-,54-52+. The topological polar surface area (TPSA) is 105 Å². The lowest BCUT2D eigenvalue weighted by Crippen LogP contribution is -2.45. The molecule has 3 atom stereocenters. The molecule has 0 saturated heterocycles. The molecule has 0 aliphatic heterocycles. The van der Waals surface area contributed by atoms with E-state index in [0.29, 0.717) is 17.4 Å². The largest absolute Gasteiger partial charge is 0.472 e. The first-order valence-corrected chi connectivity index (χ1v) is 32.2. The Labute approximate surface area is 436 Å². The van der Waals surface area contributed by atoms with Gasteiger partial charge < -0.3 is 19.8 Å². The Hall–Kier alpha value is -1.02. The highest BCUT2D eigenvalue weighted by Crippen LogP contribution is 2.43. The summed E-state index contributed by atoms with van der Waals surface area (Å²) in [5.41, 5.74) is 0. The van der Waals surface area contributed by atoms with Gasteiger partial charge >= 0.3 is 7.82 Å². The second kappa shape index (κ2) is 52.8. The van der Waals surface area contributed by atoms with Crippen molar-refractivity contribution in [2.45, 2.75) is 321 Å². The first kappa shape index (κ1) is 69.0. The number of aliphatic hydroxyl groups excluding tert-OH is 1. The number of nitrogens with one attached hydrogen (secondary N) is 1. The molecule has 0 saturated carbocycles. The molecular weight excluding hydrogens is 888 g/mol. The van der Waals surface area contributed by atoms with Gasteiger partial charge in [-0.25, -0.2) is 4.57 Å². The Balaban J connectivity index is 4.13. The van der Waals surface area contributed by atoms with E-state index < -0.39 is 20.0 Å². The van der Waals surface area contributed by atoms with Crippen LogP contribution >= 0.6 is 7.82 Å². The number of hydrogen-bond donors (Lipinski definition) is 3. The molecule has 9 heteroatoms. The average molecular weight is 1010 g/mol. The maximum absolute atomic E-state index is 13.0. The average Bonchev–Trinajstić information content (AvgIpc) is 3.32. The third-order valence-corrected chi connectivity index (χ3v) is 15.1. The van der Waals surface area contributed by atoms with Gasteiger partial charge in [-0.15, -0.1) is 0 Å². The van der Waals surface area contributed by atoms with Crippen LogP contribution < -0.4 is 5.32 Å². The second-order valence-corrected chi connectivity index (χ2v) is 23.9. The minimum absolute atomic E-state index is 0.0639. The number of likely N-dealkylation sites (N-methyl/N-ethyl adjacent to an activating group) is 1. The zero-order valence-electron chi connectivity index (χ0n) is 47.5. The van der Waals surface area contributed by atoms with E-state index in [1.54, 1.807) is 6.08 Å². The molecule has 70 heavy (non-hydrogen) atoms. The summed E-state index contributed by atoms with van der Waals surface area (Å²) in [6.45, 7) is 4.86. The first-order chi connectivity index (χ1) is 34.0. The molecule has 0 aliphatic carbocycles. The van der Waals surface area contributed by atoms with E-state index in [-0.39, 0.29) is 19.1 Å². The number of aliphatic hydroxyl groups is 1. The number of phosphoric acid groups is 1. The van der Waals surface area contributed by atoms with Crippen molar-refractivity contribution >= 4 is 13.7 Å². The maximum Gasteiger partial charge on any atom is 0.472 e. The monoisotopic (exact) mass is 1010 g/mol. The highest BCUT2D eigenvalue weighted by Gasteiger charge is 2.27. The van der Waals surface area contributed by atoms with Crippen molar-refractivity contribution in [2.24, 2.45) is 0 Å². The number of allylic oxidation sites excluding steroid dienone is 3. The van der Waals surface area contributed by atoms with E-state index in [1.807, 2.05) is 27.2 Å². The van der Waals surface area contributed by atoms with Gasteiger partial charge in [-0.1, -0.05) is 282 Å². The highest BCUT2D eigenvalue weighted by atomic mass is 31.2. The molecule has 0 heterocycles. The van der Waals surface area contributed by atoms with Crippen LogP contribution in [-0.4, -0.2) is 73.4 Å². The molecular formula is C61H122N2O6P+. The summed E-state index contributed by atoms with van der Waals surface area (Å²) >= 11 is 0. The molecule has 0 radical (unpaired) electrons. The van der Waals surface area contributed by atoms with Crippen LogP contribution in [0.3, 0.4) is 0 Å². The van der Waals surface area contributed by atoms with Crippen molar-refractivity contribution in [3.05, 3.63) is 24.3 Å². The highest BCUT2D eigenvalue weighted by molar-refractivity contribution is 7.47. The normalized spacial score (nSPS) is 14.0. The number of rotatable bonds is 57. The maximum atomic E-state index is 13.0. The van der Waals surface area contributed by atoms with Crippen LogP contribution in [0.5, 0.6) is 0 Å². The van der Waals surface area contributed by atoms with Gasteiger partial charge in [0, 0.05) is 6.42 Å². The van der Waals surface area contributed by atoms with E-state index >= 15 is 0 Å². The molecule has 0 spiro atoms. The molecule has 3 unspecified atom stereocenters. The van der Waals surface area contributed by atoms with E-state index in [0.717, 1.165) is 32.1 Å². The van der Waals surface area contributed by atoms with E-state index in [2.05, 4.69) is 31.3 Å². The third-order valence-electron chi connectivity index (χ3n) is 14.2. The molecule has 3 N–H and O–H groups in total. The van der Waals surface area contributed by atoms with Crippen LogP contribution in [-0.2, 0) is 18.4 Å². The van der Waals surface area contributed by atoms with Gasteiger partial charge in [-0.05, 0) is 44.9 Å². The molecule has 0 aromatic carbocycles. The van der Waals surface area contributed by atoms with Gasteiger partial charge in [0.05, 0.1) is 39.9 Å². The predicted octanol–water partition coefficient (Wildman–Crippen LogP) is 18.8. The van der Waals surface area contributed by atoms with Crippen molar-refractivity contribution < 1.29 is 32.9 Å². The van der Waals surface area contributed by atoms with Crippen LogP contribution in [0.1, 0.15) is 309 Å². The summed E-state index contributed by atoms with van der Waals surface area (Å²) in [5, 5.41) is 14.0. The van der Waals surface area contributed by atoms with Crippen molar-refractivity contribution in [3.8, 4) is 0 Å². The molecule has 0 aliphatic rings. The van der Waals surface area contributed by atoms with E-state index in [9.17, 15) is 19.4 Å². The minimum atomic E-state index is -4.35. The summed E-state index contributed by atoms with van der Waals surface area (Å²) in [7, 11) is 1.59. The van der Waals surface area contributed by atoms with Crippen molar-refractivity contribution in [1.82, 2.24) is 5.32 Å². The quantitative estimate of drug-likeness (QED) is 0.0243. The SMILES string of the molecule is CCCCCCCCCC/C=C\CCCCCCCCCCCCCCCCCC(=O)NC(COP(=O)(O)OCC[N+](C)(C)C)C(O)/C=C/CCCCCCCCCCCCCCCCCCCCC. The second-order valence-electron chi connectivity index (χ2n) is 22.4.